The predicted molar refractivity (Wildman–Crippen MR) is 109 cm³/mol. The number of fused-ring (bicyclic) bond motifs is 1. The standard InChI is InChI=1S/C22H16N4O3/c23-20(27)14-8-10-16(11-9-14)25-22-17(13-15-5-1-2-6-18(15)29-22)21(28)26-19-7-3-4-12-24-19/h1-13H,(H2,23,27)(H,24,26,28). The Labute approximate surface area is 165 Å². The number of nitrogens with one attached hydrogen (secondary N) is 1. The Morgan fingerprint density at radius 3 is 2.45 bits per heavy atom. The van der Waals surface area contributed by atoms with Crippen molar-refractivity contribution in [3.63, 3.8) is 0 Å². The Balaban J connectivity index is 1.81. The highest BCUT2D eigenvalue weighted by atomic mass is 16.3. The molecule has 0 radical (unpaired) electrons. The summed E-state index contributed by atoms with van der Waals surface area (Å²) in [5.41, 5.74) is 7.14. The molecule has 4 rings (SSSR count). The lowest BCUT2D eigenvalue weighted by Crippen LogP contribution is -2.22. The van der Waals surface area contributed by atoms with Gasteiger partial charge in [-0.05, 0) is 48.5 Å². The van der Waals surface area contributed by atoms with Crippen molar-refractivity contribution in [2.75, 3.05) is 5.32 Å². The highest BCUT2D eigenvalue weighted by molar-refractivity contribution is 6.04. The third-order valence-corrected chi connectivity index (χ3v) is 4.19. The number of benzene rings is 2. The minimum atomic E-state index is -0.526. The van der Waals surface area contributed by atoms with Gasteiger partial charge in [-0.15, -0.1) is 0 Å². The molecule has 0 saturated carbocycles. The topological polar surface area (TPSA) is 111 Å². The Morgan fingerprint density at radius 1 is 0.966 bits per heavy atom. The van der Waals surface area contributed by atoms with Gasteiger partial charge in [-0.25, -0.2) is 9.98 Å². The van der Waals surface area contributed by atoms with Gasteiger partial charge >= 0.3 is 0 Å². The molecule has 0 atom stereocenters. The fraction of sp³-hybridized carbons (Fsp3) is 0. The van der Waals surface area contributed by atoms with Gasteiger partial charge in [0.1, 0.15) is 17.0 Å². The minimum Gasteiger partial charge on any atom is -0.438 e. The van der Waals surface area contributed by atoms with E-state index in [1.54, 1.807) is 60.8 Å². The zero-order valence-electron chi connectivity index (χ0n) is 15.2. The lowest BCUT2D eigenvalue weighted by Gasteiger charge is -2.06. The lowest BCUT2D eigenvalue weighted by atomic mass is 10.1. The van der Waals surface area contributed by atoms with Crippen LogP contribution >= 0.6 is 0 Å². The van der Waals surface area contributed by atoms with E-state index in [1.807, 2.05) is 18.2 Å². The van der Waals surface area contributed by atoms with Gasteiger partial charge in [0.15, 0.2) is 0 Å². The molecule has 7 nitrogen and oxygen atoms in total. The van der Waals surface area contributed by atoms with E-state index < -0.39 is 11.8 Å². The first-order chi connectivity index (χ1) is 14.1. The Bertz CT molecular complexity index is 1260. The summed E-state index contributed by atoms with van der Waals surface area (Å²) in [4.78, 5) is 32.7. The number of hydrogen-bond donors (Lipinski definition) is 2. The molecule has 0 spiro atoms. The van der Waals surface area contributed by atoms with Crippen molar-refractivity contribution < 1.29 is 14.0 Å². The molecule has 3 N–H and O–H groups in total. The van der Waals surface area contributed by atoms with Crippen LogP contribution in [0.3, 0.4) is 0 Å². The van der Waals surface area contributed by atoms with Gasteiger partial charge in [-0.3, -0.25) is 9.59 Å². The van der Waals surface area contributed by atoms with E-state index in [-0.39, 0.29) is 11.1 Å². The van der Waals surface area contributed by atoms with E-state index >= 15 is 0 Å². The number of pyridine rings is 1. The Hall–Kier alpha value is -4.26. The summed E-state index contributed by atoms with van der Waals surface area (Å²) in [6, 6.07) is 20.7. The minimum absolute atomic E-state index is 0.143. The van der Waals surface area contributed by atoms with Crippen molar-refractivity contribution in [3.05, 3.63) is 95.7 Å². The maximum Gasteiger partial charge on any atom is 0.262 e. The summed E-state index contributed by atoms with van der Waals surface area (Å²) in [6.07, 6.45) is 1.59. The van der Waals surface area contributed by atoms with Crippen molar-refractivity contribution >= 4 is 34.3 Å². The molecule has 0 fully saturated rings. The smallest absolute Gasteiger partial charge is 0.262 e. The van der Waals surface area contributed by atoms with Gasteiger partial charge in [0, 0.05) is 17.1 Å². The number of amides is 2. The zero-order chi connectivity index (χ0) is 20.2. The molecule has 2 amide bonds. The van der Waals surface area contributed by atoms with Crippen molar-refractivity contribution in [1.82, 2.24) is 4.98 Å². The molecule has 0 bridgehead atoms. The third-order valence-electron chi connectivity index (χ3n) is 4.19. The molecule has 4 aromatic rings. The van der Waals surface area contributed by atoms with Crippen LogP contribution in [0.2, 0.25) is 0 Å². The van der Waals surface area contributed by atoms with Crippen LogP contribution in [-0.4, -0.2) is 16.8 Å². The quantitative estimate of drug-likeness (QED) is 0.562. The van der Waals surface area contributed by atoms with Crippen molar-refractivity contribution in [3.8, 4) is 0 Å². The fourth-order valence-electron chi connectivity index (χ4n) is 2.75. The number of anilines is 1. The maximum absolute atomic E-state index is 12.9. The largest absolute Gasteiger partial charge is 0.438 e. The number of carbonyl (C=O) groups excluding carboxylic acids is 2. The molecular formula is C22H16N4O3. The van der Waals surface area contributed by atoms with Crippen molar-refractivity contribution in [1.29, 1.82) is 0 Å². The summed E-state index contributed by atoms with van der Waals surface area (Å²) in [6.45, 7) is 0. The molecule has 0 saturated heterocycles. The Morgan fingerprint density at radius 2 is 1.72 bits per heavy atom. The molecular weight excluding hydrogens is 368 g/mol. The zero-order valence-corrected chi connectivity index (χ0v) is 15.2. The van der Waals surface area contributed by atoms with Gasteiger partial charge in [0.2, 0.25) is 11.5 Å². The van der Waals surface area contributed by atoms with Crippen LogP contribution in [0.15, 0.2) is 88.4 Å². The number of carbonyl (C=O) groups is 2. The normalized spacial score (nSPS) is 11.4. The molecule has 29 heavy (non-hydrogen) atoms. The first-order valence-electron chi connectivity index (χ1n) is 8.80. The van der Waals surface area contributed by atoms with Crippen LogP contribution < -0.4 is 16.6 Å². The van der Waals surface area contributed by atoms with E-state index in [0.717, 1.165) is 5.39 Å². The predicted octanol–water partition coefficient (Wildman–Crippen LogP) is 3.41. The molecule has 0 aliphatic carbocycles. The first-order valence-corrected chi connectivity index (χ1v) is 8.80. The number of aromatic nitrogens is 1. The van der Waals surface area contributed by atoms with E-state index in [9.17, 15) is 9.59 Å². The molecule has 0 aliphatic heterocycles. The number of rotatable bonds is 4. The van der Waals surface area contributed by atoms with Crippen LogP contribution in [0.5, 0.6) is 0 Å². The second kappa shape index (κ2) is 7.77. The van der Waals surface area contributed by atoms with Crippen LogP contribution in [0, 0.1) is 0 Å². The number of para-hydroxylation sites is 1. The molecule has 2 aromatic carbocycles. The van der Waals surface area contributed by atoms with E-state index in [2.05, 4.69) is 15.3 Å². The fourth-order valence-corrected chi connectivity index (χ4v) is 2.75. The average molecular weight is 384 g/mol. The van der Waals surface area contributed by atoms with E-state index in [1.165, 1.54) is 0 Å². The average Bonchev–Trinajstić information content (AvgIpc) is 2.74. The van der Waals surface area contributed by atoms with Crippen LogP contribution in [-0.2, 0) is 0 Å². The summed E-state index contributed by atoms with van der Waals surface area (Å²) < 4.78 is 5.89. The highest BCUT2D eigenvalue weighted by Gasteiger charge is 2.13. The van der Waals surface area contributed by atoms with Gasteiger partial charge in [0.25, 0.3) is 5.91 Å². The third kappa shape index (κ3) is 4.03. The monoisotopic (exact) mass is 384 g/mol. The van der Waals surface area contributed by atoms with Crippen LogP contribution in [0.25, 0.3) is 11.0 Å². The van der Waals surface area contributed by atoms with Crippen LogP contribution in [0.1, 0.15) is 20.7 Å². The summed E-state index contributed by atoms with van der Waals surface area (Å²) in [5, 5.41) is 3.51. The first kappa shape index (κ1) is 18.1. The molecule has 7 heteroatoms. The molecule has 142 valence electrons. The Kier molecular flexibility index (Phi) is 4.86. The summed E-state index contributed by atoms with van der Waals surface area (Å²) >= 11 is 0. The van der Waals surface area contributed by atoms with E-state index in [0.29, 0.717) is 22.7 Å². The maximum atomic E-state index is 12.9. The van der Waals surface area contributed by atoms with Gasteiger partial charge in [-0.1, -0.05) is 24.3 Å². The van der Waals surface area contributed by atoms with Gasteiger partial charge in [0.05, 0.1) is 5.69 Å². The van der Waals surface area contributed by atoms with Gasteiger partial charge in [-0.2, -0.15) is 0 Å². The number of primary amides is 1. The lowest BCUT2D eigenvalue weighted by molar-refractivity contribution is 0.0997. The molecule has 2 aromatic heterocycles. The summed E-state index contributed by atoms with van der Waals surface area (Å²) in [7, 11) is 0. The van der Waals surface area contributed by atoms with Gasteiger partial charge < -0.3 is 15.5 Å². The second-order valence-corrected chi connectivity index (χ2v) is 6.20. The van der Waals surface area contributed by atoms with Crippen molar-refractivity contribution in [2.24, 2.45) is 10.7 Å². The highest BCUT2D eigenvalue weighted by Crippen LogP contribution is 2.16. The van der Waals surface area contributed by atoms with Crippen LogP contribution in [0.4, 0.5) is 11.5 Å². The number of nitrogens with two attached hydrogens (primary N) is 1. The summed E-state index contributed by atoms with van der Waals surface area (Å²) in [5.74, 6) is -0.504. The molecule has 0 aliphatic rings. The number of nitrogens with zero attached hydrogens (tertiary/aromatic N) is 2. The van der Waals surface area contributed by atoms with Crippen molar-refractivity contribution in [2.45, 2.75) is 0 Å². The molecule has 2 heterocycles. The SMILES string of the molecule is NC(=O)c1ccc(N=c2oc3ccccc3cc2C(=O)Nc2ccccn2)cc1. The number of hydrogen-bond acceptors (Lipinski definition) is 5. The molecule has 0 unspecified atom stereocenters. The second-order valence-electron chi connectivity index (χ2n) is 6.20. The van der Waals surface area contributed by atoms with E-state index in [4.69, 9.17) is 10.2 Å².